The lowest BCUT2D eigenvalue weighted by molar-refractivity contribution is 0.414. The quantitative estimate of drug-likeness (QED) is 0.272. The molecule has 0 aliphatic carbocycles. The van der Waals surface area contributed by atoms with Crippen LogP contribution in [0.15, 0.2) is 4.99 Å². The van der Waals surface area contributed by atoms with Gasteiger partial charge in [0.05, 0.1) is 0 Å². The fourth-order valence-corrected chi connectivity index (χ4v) is 1.35. The number of nitrogens with one attached hydrogen (secondary N) is 2. The van der Waals surface area contributed by atoms with Gasteiger partial charge in [-0.1, -0.05) is 20.3 Å². The molecule has 84 valence electrons. The van der Waals surface area contributed by atoms with Crippen LogP contribution in [-0.4, -0.2) is 18.0 Å². The minimum Gasteiger partial charge on any atom is -0.350 e. The molecule has 0 rings (SSSR count). The van der Waals surface area contributed by atoms with Gasteiger partial charge in [-0.25, -0.2) is 5.84 Å². The average molecular weight is 200 g/mol. The van der Waals surface area contributed by atoms with Crippen molar-refractivity contribution in [1.82, 2.24) is 10.7 Å². The van der Waals surface area contributed by atoms with Gasteiger partial charge in [0.15, 0.2) is 0 Å². The van der Waals surface area contributed by atoms with Crippen LogP contribution in [0, 0.1) is 0 Å². The molecule has 0 radical (unpaired) electrons. The van der Waals surface area contributed by atoms with Crippen LogP contribution in [0.4, 0.5) is 0 Å². The van der Waals surface area contributed by atoms with Crippen molar-refractivity contribution in [3.63, 3.8) is 0 Å². The summed E-state index contributed by atoms with van der Waals surface area (Å²) in [5.74, 6) is 6.06. The van der Waals surface area contributed by atoms with Crippen LogP contribution in [-0.2, 0) is 0 Å². The number of guanidine groups is 1. The first kappa shape index (κ1) is 13.2. The van der Waals surface area contributed by atoms with Crippen molar-refractivity contribution < 1.29 is 0 Å². The lowest BCUT2D eigenvalue weighted by Crippen LogP contribution is -2.51. The van der Waals surface area contributed by atoms with E-state index in [0.29, 0.717) is 5.96 Å². The largest absolute Gasteiger partial charge is 0.350 e. The van der Waals surface area contributed by atoms with E-state index in [0.717, 1.165) is 25.8 Å². The van der Waals surface area contributed by atoms with Gasteiger partial charge in [0.1, 0.15) is 0 Å². The Hall–Kier alpha value is -0.770. The van der Waals surface area contributed by atoms with Crippen LogP contribution in [0.5, 0.6) is 0 Å². The maximum Gasteiger partial charge on any atom is 0.206 e. The maximum atomic E-state index is 5.37. The van der Waals surface area contributed by atoms with E-state index >= 15 is 0 Å². The van der Waals surface area contributed by atoms with Crippen molar-refractivity contribution in [3.8, 4) is 0 Å². The molecule has 0 aromatic rings. The minimum atomic E-state index is 0.0493. The van der Waals surface area contributed by atoms with E-state index in [-0.39, 0.29) is 5.54 Å². The van der Waals surface area contributed by atoms with Crippen molar-refractivity contribution in [3.05, 3.63) is 0 Å². The highest BCUT2D eigenvalue weighted by atomic mass is 15.3. The first-order valence-corrected chi connectivity index (χ1v) is 5.35. The zero-order valence-corrected chi connectivity index (χ0v) is 9.85. The molecule has 0 aliphatic rings. The van der Waals surface area contributed by atoms with E-state index in [9.17, 15) is 0 Å². The van der Waals surface area contributed by atoms with Crippen LogP contribution in [0.1, 0.15) is 47.0 Å². The molecule has 0 atom stereocenters. The zero-order valence-electron chi connectivity index (χ0n) is 9.85. The zero-order chi connectivity index (χ0) is 11.0. The molecule has 14 heavy (non-hydrogen) atoms. The van der Waals surface area contributed by atoms with Crippen LogP contribution in [0.2, 0.25) is 0 Å². The highest BCUT2D eigenvalue weighted by molar-refractivity contribution is 5.79. The molecule has 4 heteroatoms. The minimum absolute atomic E-state index is 0.0493. The van der Waals surface area contributed by atoms with Gasteiger partial charge in [-0.3, -0.25) is 10.4 Å². The maximum absolute atomic E-state index is 5.37. The van der Waals surface area contributed by atoms with Crippen molar-refractivity contribution in [1.29, 1.82) is 0 Å². The Bertz CT molecular complexity index is 175. The summed E-state index contributed by atoms with van der Waals surface area (Å²) in [6.45, 7) is 9.36. The molecule has 0 spiro atoms. The van der Waals surface area contributed by atoms with Gasteiger partial charge in [-0.15, -0.1) is 0 Å². The van der Waals surface area contributed by atoms with Crippen molar-refractivity contribution in [2.75, 3.05) is 6.54 Å². The third-order valence-electron chi connectivity index (χ3n) is 1.96. The second kappa shape index (κ2) is 6.65. The summed E-state index contributed by atoms with van der Waals surface area (Å²) >= 11 is 0. The Balaban J connectivity index is 4.15. The van der Waals surface area contributed by atoms with Crippen LogP contribution in [0.3, 0.4) is 0 Å². The number of hydrogen-bond acceptors (Lipinski definition) is 2. The Morgan fingerprint density at radius 2 is 1.93 bits per heavy atom. The van der Waals surface area contributed by atoms with Crippen molar-refractivity contribution >= 4 is 5.96 Å². The lowest BCUT2D eigenvalue weighted by Gasteiger charge is -2.27. The highest BCUT2D eigenvalue weighted by Gasteiger charge is 2.17. The van der Waals surface area contributed by atoms with E-state index in [4.69, 9.17) is 5.84 Å². The normalized spacial score (nSPS) is 12.8. The number of nitrogens with two attached hydrogens (primary N) is 1. The SMILES string of the molecule is CCCN=C(NN)NC(C)(C)CCC. The molecule has 0 aromatic heterocycles. The molecule has 0 fully saturated rings. The smallest absolute Gasteiger partial charge is 0.206 e. The molecule has 0 aliphatic heterocycles. The van der Waals surface area contributed by atoms with E-state index in [1.165, 1.54) is 0 Å². The van der Waals surface area contributed by atoms with Crippen LogP contribution in [0.25, 0.3) is 0 Å². The van der Waals surface area contributed by atoms with Crippen LogP contribution >= 0.6 is 0 Å². The number of hydrazine groups is 1. The summed E-state index contributed by atoms with van der Waals surface area (Å²) in [4.78, 5) is 4.30. The van der Waals surface area contributed by atoms with Gasteiger partial charge in [0, 0.05) is 12.1 Å². The lowest BCUT2D eigenvalue weighted by atomic mass is 9.99. The summed E-state index contributed by atoms with van der Waals surface area (Å²) in [5, 5.41) is 3.29. The molecule has 0 unspecified atom stereocenters. The number of rotatable bonds is 5. The van der Waals surface area contributed by atoms with Gasteiger partial charge >= 0.3 is 0 Å². The van der Waals surface area contributed by atoms with Crippen molar-refractivity contribution in [2.24, 2.45) is 10.8 Å². The van der Waals surface area contributed by atoms with E-state index in [1.807, 2.05) is 0 Å². The number of hydrogen-bond donors (Lipinski definition) is 3. The molecule has 0 bridgehead atoms. The Morgan fingerprint density at radius 1 is 1.29 bits per heavy atom. The number of nitrogens with zero attached hydrogens (tertiary/aromatic N) is 1. The Labute approximate surface area is 87.3 Å². The van der Waals surface area contributed by atoms with Gasteiger partial charge < -0.3 is 5.32 Å². The second-order valence-corrected chi connectivity index (χ2v) is 4.13. The molecule has 4 nitrogen and oxygen atoms in total. The summed E-state index contributed by atoms with van der Waals surface area (Å²) in [6, 6.07) is 0. The van der Waals surface area contributed by atoms with E-state index < -0.39 is 0 Å². The fraction of sp³-hybridized carbons (Fsp3) is 0.900. The summed E-state index contributed by atoms with van der Waals surface area (Å²) < 4.78 is 0. The predicted octanol–water partition coefficient (Wildman–Crippen LogP) is 1.38. The van der Waals surface area contributed by atoms with Crippen LogP contribution < -0.4 is 16.6 Å². The molecule has 0 saturated heterocycles. The average Bonchev–Trinajstić information content (AvgIpc) is 2.12. The van der Waals surface area contributed by atoms with Crippen molar-refractivity contribution in [2.45, 2.75) is 52.5 Å². The van der Waals surface area contributed by atoms with Gasteiger partial charge in [-0.2, -0.15) is 0 Å². The number of aliphatic imine (C=N–C) groups is 1. The van der Waals surface area contributed by atoms with E-state index in [2.05, 4.69) is 43.4 Å². The molecular formula is C10H24N4. The Morgan fingerprint density at radius 3 is 2.36 bits per heavy atom. The van der Waals surface area contributed by atoms with E-state index in [1.54, 1.807) is 0 Å². The molecule has 4 N–H and O–H groups in total. The summed E-state index contributed by atoms with van der Waals surface area (Å²) in [7, 11) is 0. The monoisotopic (exact) mass is 200 g/mol. The van der Waals surface area contributed by atoms with Gasteiger partial charge in [0.25, 0.3) is 0 Å². The third-order valence-corrected chi connectivity index (χ3v) is 1.96. The van der Waals surface area contributed by atoms with Gasteiger partial charge in [-0.05, 0) is 26.7 Å². The first-order chi connectivity index (χ1) is 6.55. The summed E-state index contributed by atoms with van der Waals surface area (Å²) in [6.07, 6.45) is 3.27. The highest BCUT2D eigenvalue weighted by Crippen LogP contribution is 2.09. The second-order valence-electron chi connectivity index (χ2n) is 4.13. The molecule has 0 saturated carbocycles. The topological polar surface area (TPSA) is 62.4 Å². The molecular weight excluding hydrogens is 176 g/mol. The third kappa shape index (κ3) is 5.80. The molecule has 0 heterocycles. The summed E-state index contributed by atoms with van der Waals surface area (Å²) in [5.41, 5.74) is 2.64. The fourth-order valence-electron chi connectivity index (χ4n) is 1.35. The standard InChI is InChI=1S/C10H24N4/c1-5-7-10(3,4)13-9(14-11)12-8-6-2/h5-8,11H2,1-4H3,(H2,12,13,14). The Kier molecular flexibility index (Phi) is 6.28. The predicted molar refractivity (Wildman–Crippen MR) is 62.0 cm³/mol. The van der Waals surface area contributed by atoms with Gasteiger partial charge in [0.2, 0.25) is 5.96 Å². The molecule has 0 amide bonds. The molecule has 0 aromatic carbocycles. The first-order valence-electron chi connectivity index (χ1n) is 5.35.